The molecule has 0 aliphatic carbocycles. The Morgan fingerprint density at radius 2 is 1.87 bits per heavy atom. The monoisotopic (exact) mass is 547 g/mol. The molecule has 1 atom stereocenters. The maximum Gasteiger partial charge on any atom is 0.334 e. The van der Waals surface area contributed by atoms with Gasteiger partial charge in [-0.15, -0.1) is 0 Å². The van der Waals surface area contributed by atoms with Crippen LogP contribution in [-0.2, 0) is 25.0 Å². The predicted octanol–water partition coefficient (Wildman–Crippen LogP) is 5.01. The van der Waals surface area contributed by atoms with Crippen molar-refractivity contribution in [3.63, 3.8) is 0 Å². The molecule has 0 spiro atoms. The Morgan fingerprint density at radius 3 is 2.55 bits per heavy atom. The third kappa shape index (κ3) is 7.66. The van der Waals surface area contributed by atoms with Crippen molar-refractivity contribution in [2.75, 3.05) is 13.2 Å². The van der Waals surface area contributed by atoms with Crippen LogP contribution >= 0.6 is 22.6 Å². The topological polar surface area (TPSA) is 63.7 Å². The highest BCUT2D eigenvalue weighted by Gasteiger charge is 2.39. The van der Waals surface area contributed by atoms with Gasteiger partial charge in [-0.05, 0) is 67.0 Å². The third-order valence-electron chi connectivity index (χ3n) is 5.20. The Kier molecular flexibility index (Phi) is 10.1. The quantitative estimate of drug-likeness (QED) is 0.160. The second-order valence-electron chi connectivity index (χ2n) is 7.47. The number of likely N-dealkylation sites (tertiary alicyclic amines) is 1. The number of hydrogen-bond donors (Lipinski definition) is 0. The fourth-order valence-electron chi connectivity index (χ4n) is 3.49. The number of carbonyl (C=O) groups is 3. The molecule has 0 unspecified atom stereocenters. The minimum absolute atomic E-state index is 0.0296. The van der Waals surface area contributed by atoms with E-state index in [9.17, 15) is 23.2 Å². The summed E-state index contributed by atoms with van der Waals surface area (Å²) in [6, 6.07) is 5.22. The molecule has 0 bridgehead atoms. The van der Waals surface area contributed by atoms with Crippen molar-refractivity contribution in [3.8, 4) is 0 Å². The van der Waals surface area contributed by atoms with E-state index in [-0.39, 0.29) is 23.5 Å². The number of unbranched alkanes of at least 4 members (excludes halogenated alkanes) is 3. The summed E-state index contributed by atoms with van der Waals surface area (Å²) in [5.41, 5.74) is -0.343. The van der Waals surface area contributed by atoms with Gasteiger partial charge in [0.15, 0.2) is 0 Å². The van der Waals surface area contributed by atoms with Crippen LogP contribution in [0, 0.1) is 3.57 Å². The van der Waals surface area contributed by atoms with Gasteiger partial charge >= 0.3 is 11.9 Å². The highest BCUT2D eigenvalue weighted by Crippen LogP contribution is 2.30. The van der Waals surface area contributed by atoms with E-state index in [1.54, 1.807) is 11.8 Å². The number of allylic oxidation sites excluding steroid dienone is 1. The fourth-order valence-corrected chi connectivity index (χ4v) is 3.85. The molecule has 1 fully saturated rings. The minimum Gasteiger partial charge on any atom is -0.466 e. The first kappa shape index (κ1) is 25.4. The number of nitrogens with zero attached hydrogens (tertiary/aromatic N) is 1. The molecule has 0 radical (unpaired) electrons. The third-order valence-corrected chi connectivity index (χ3v) is 5.92. The van der Waals surface area contributed by atoms with Gasteiger partial charge in [-0.3, -0.25) is 14.4 Å². The summed E-state index contributed by atoms with van der Waals surface area (Å²) in [4.78, 5) is 37.3. The van der Waals surface area contributed by atoms with Crippen molar-refractivity contribution in [1.82, 2.24) is 4.90 Å². The Morgan fingerprint density at radius 1 is 1.19 bits per heavy atom. The summed E-state index contributed by atoms with van der Waals surface area (Å²) >= 11 is 2.01. The zero-order valence-electron chi connectivity index (χ0n) is 17.6. The van der Waals surface area contributed by atoms with Crippen molar-refractivity contribution in [1.29, 1.82) is 0 Å². The number of ether oxygens (including phenoxy) is 1. The summed E-state index contributed by atoms with van der Waals surface area (Å²) in [6.45, 7) is 2.66. The van der Waals surface area contributed by atoms with Gasteiger partial charge in [0.2, 0.25) is 11.7 Å². The molecule has 1 aliphatic rings. The lowest BCUT2D eigenvalue weighted by atomic mass is 10.0. The smallest absolute Gasteiger partial charge is 0.334 e. The number of ketones is 1. The number of esters is 1. The molecule has 1 aliphatic heterocycles. The van der Waals surface area contributed by atoms with Crippen LogP contribution in [0.25, 0.3) is 0 Å². The number of amides is 1. The summed E-state index contributed by atoms with van der Waals surface area (Å²) in [6.07, 6.45) is 6.77. The Labute approximate surface area is 195 Å². The van der Waals surface area contributed by atoms with Crippen molar-refractivity contribution < 1.29 is 27.9 Å². The summed E-state index contributed by atoms with van der Waals surface area (Å²) in [5, 5.41) is 0. The summed E-state index contributed by atoms with van der Waals surface area (Å²) in [7, 11) is 0. The molecule has 1 aromatic rings. The van der Waals surface area contributed by atoms with Crippen LogP contribution < -0.4 is 0 Å². The average molecular weight is 547 g/mol. The van der Waals surface area contributed by atoms with Gasteiger partial charge in [0.1, 0.15) is 0 Å². The van der Waals surface area contributed by atoms with E-state index in [0.717, 1.165) is 35.3 Å². The van der Waals surface area contributed by atoms with Crippen LogP contribution in [0.15, 0.2) is 36.4 Å². The molecule has 170 valence electrons. The van der Waals surface area contributed by atoms with Crippen molar-refractivity contribution in [2.45, 2.75) is 63.8 Å². The van der Waals surface area contributed by atoms with E-state index >= 15 is 0 Å². The van der Waals surface area contributed by atoms with Crippen molar-refractivity contribution in [2.24, 2.45) is 0 Å². The summed E-state index contributed by atoms with van der Waals surface area (Å²) in [5.74, 6) is -5.12. The molecular formula is C23H28F2INO4. The number of carbonyl (C=O) groups excluding carboxylic acids is 3. The van der Waals surface area contributed by atoms with Crippen LogP contribution in [0.3, 0.4) is 0 Å². The van der Waals surface area contributed by atoms with E-state index in [1.807, 2.05) is 22.6 Å². The van der Waals surface area contributed by atoms with Gasteiger partial charge in [0, 0.05) is 28.5 Å². The molecular weight excluding hydrogens is 519 g/mol. The summed E-state index contributed by atoms with van der Waals surface area (Å²) < 4.78 is 34.6. The number of halogens is 3. The first-order valence-corrected chi connectivity index (χ1v) is 11.6. The van der Waals surface area contributed by atoms with Crippen molar-refractivity contribution >= 4 is 40.3 Å². The molecule has 2 rings (SSSR count). The van der Waals surface area contributed by atoms with E-state index in [0.29, 0.717) is 32.4 Å². The first-order valence-electron chi connectivity index (χ1n) is 10.6. The second kappa shape index (κ2) is 12.3. The van der Waals surface area contributed by atoms with Gasteiger partial charge in [0.05, 0.1) is 12.6 Å². The van der Waals surface area contributed by atoms with Crippen LogP contribution in [0.4, 0.5) is 8.78 Å². The normalized spacial score (nSPS) is 16.8. The molecule has 31 heavy (non-hydrogen) atoms. The molecule has 8 heteroatoms. The maximum absolute atomic E-state index is 14.4. The van der Waals surface area contributed by atoms with E-state index in [1.165, 1.54) is 30.3 Å². The lowest BCUT2D eigenvalue weighted by Gasteiger charge is -2.22. The van der Waals surface area contributed by atoms with Gasteiger partial charge in [0.25, 0.3) is 0 Å². The first-order chi connectivity index (χ1) is 14.8. The Bertz CT molecular complexity index is 795. The van der Waals surface area contributed by atoms with E-state index in [2.05, 4.69) is 0 Å². The van der Waals surface area contributed by atoms with Crippen molar-refractivity contribution in [3.05, 3.63) is 45.6 Å². The largest absolute Gasteiger partial charge is 0.466 e. The lowest BCUT2D eigenvalue weighted by Crippen LogP contribution is -2.33. The lowest BCUT2D eigenvalue weighted by molar-refractivity contribution is -0.143. The van der Waals surface area contributed by atoms with Gasteiger partial charge in [-0.25, -0.2) is 0 Å². The molecule has 1 aromatic carbocycles. The fraction of sp³-hybridized carbons (Fsp3) is 0.522. The predicted molar refractivity (Wildman–Crippen MR) is 122 cm³/mol. The van der Waals surface area contributed by atoms with Crippen LogP contribution in [0.5, 0.6) is 0 Å². The highest BCUT2D eigenvalue weighted by atomic mass is 127. The van der Waals surface area contributed by atoms with Gasteiger partial charge in [-0.1, -0.05) is 31.1 Å². The molecule has 1 heterocycles. The molecule has 5 nitrogen and oxygen atoms in total. The Balaban J connectivity index is 1.83. The zero-order valence-corrected chi connectivity index (χ0v) is 19.8. The van der Waals surface area contributed by atoms with E-state index in [4.69, 9.17) is 4.74 Å². The molecule has 1 amide bonds. The van der Waals surface area contributed by atoms with Crippen LogP contribution in [0.2, 0.25) is 0 Å². The molecule has 0 N–H and O–H groups in total. The number of hydrogen-bond acceptors (Lipinski definition) is 4. The maximum atomic E-state index is 14.4. The number of alkyl halides is 2. The average Bonchev–Trinajstić information content (AvgIpc) is 3.08. The van der Waals surface area contributed by atoms with Crippen LogP contribution in [0.1, 0.15) is 57.4 Å². The molecule has 0 aromatic heterocycles. The van der Waals surface area contributed by atoms with Gasteiger partial charge in [-0.2, -0.15) is 8.78 Å². The van der Waals surface area contributed by atoms with Gasteiger partial charge < -0.3 is 9.64 Å². The standard InChI is InChI=1S/C23H28F2INO4/c1-2-31-22(30)7-5-3-4-6-16-27-19(13-15-21(27)29)12-14-20(28)23(24,25)17-8-10-18(26)11-9-17/h8-12,14,19H,2-7,13,15-16H2,1H3/b14-12+/t19-/m0/s1. The highest BCUT2D eigenvalue weighted by molar-refractivity contribution is 14.1. The van der Waals surface area contributed by atoms with E-state index < -0.39 is 11.7 Å². The second-order valence-corrected chi connectivity index (χ2v) is 8.71. The SMILES string of the molecule is CCOC(=O)CCCCCCN1C(=O)CC[C@@H]1/C=C/C(=O)C(F)(F)c1ccc(I)cc1. The number of benzene rings is 1. The van der Waals surface area contributed by atoms with Crippen LogP contribution in [-0.4, -0.2) is 41.8 Å². The number of rotatable bonds is 12. The molecule has 1 saturated heterocycles. The zero-order chi connectivity index (χ0) is 22.9. The molecule has 0 saturated carbocycles. The minimum atomic E-state index is -3.60. The Hall–Kier alpha value is -1.84.